The SMILES string of the molecule is CC(c1cccs1)N(C)CC(=O)Nc1ccc(OC(F)F)cc1. The first kappa shape index (κ1) is 17.4. The fourth-order valence-electron chi connectivity index (χ4n) is 2.03. The Morgan fingerprint density at radius 3 is 2.57 bits per heavy atom. The summed E-state index contributed by atoms with van der Waals surface area (Å²) in [6, 6.07) is 9.98. The average Bonchev–Trinajstić information content (AvgIpc) is 3.02. The highest BCUT2D eigenvalue weighted by Gasteiger charge is 2.15. The van der Waals surface area contributed by atoms with Crippen molar-refractivity contribution in [1.29, 1.82) is 0 Å². The molecule has 0 fully saturated rings. The van der Waals surface area contributed by atoms with Gasteiger partial charge in [-0.3, -0.25) is 9.69 Å². The number of hydrogen-bond donors (Lipinski definition) is 1. The molecule has 0 aliphatic heterocycles. The van der Waals surface area contributed by atoms with Crippen molar-refractivity contribution < 1.29 is 18.3 Å². The van der Waals surface area contributed by atoms with Crippen molar-refractivity contribution in [2.75, 3.05) is 18.9 Å². The summed E-state index contributed by atoms with van der Waals surface area (Å²) in [5.74, 6) is -0.111. The number of thiophene rings is 1. The maximum Gasteiger partial charge on any atom is 0.387 e. The molecule has 4 nitrogen and oxygen atoms in total. The molecular formula is C16H18F2N2O2S. The van der Waals surface area contributed by atoms with Gasteiger partial charge in [-0.15, -0.1) is 11.3 Å². The standard InChI is InChI=1S/C16H18F2N2O2S/c1-11(14-4-3-9-23-14)20(2)10-15(21)19-12-5-7-13(8-6-12)22-16(17)18/h3-9,11,16H,10H2,1-2H3,(H,19,21). The molecule has 1 unspecified atom stereocenters. The van der Waals surface area contributed by atoms with Gasteiger partial charge in [-0.25, -0.2) is 0 Å². The predicted molar refractivity (Wildman–Crippen MR) is 87.1 cm³/mol. The van der Waals surface area contributed by atoms with E-state index in [-0.39, 0.29) is 24.2 Å². The van der Waals surface area contributed by atoms with Crippen molar-refractivity contribution in [1.82, 2.24) is 4.90 Å². The molecule has 0 bridgehead atoms. The minimum Gasteiger partial charge on any atom is -0.435 e. The van der Waals surface area contributed by atoms with Gasteiger partial charge in [0.25, 0.3) is 0 Å². The number of amides is 1. The Morgan fingerprint density at radius 2 is 2.00 bits per heavy atom. The summed E-state index contributed by atoms with van der Waals surface area (Å²) < 4.78 is 28.4. The Labute approximate surface area is 137 Å². The third-order valence-electron chi connectivity index (χ3n) is 3.37. The molecular weight excluding hydrogens is 322 g/mol. The van der Waals surface area contributed by atoms with E-state index < -0.39 is 6.61 Å². The smallest absolute Gasteiger partial charge is 0.387 e. The average molecular weight is 340 g/mol. The Kier molecular flexibility index (Phi) is 6.06. The van der Waals surface area contributed by atoms with E-state index in [1.165, 1.54) is 29.1 Å². The second-order valence-electron chi connectivity index (χ2n) is 5.06. The van der Waals surface area contributed by atoms with Crippen LogP contribution in [-0.4, -0.2) is 31.0 Å². The lowest BCUT2D eigenvalue weighted by Gasteiger charge is -2.23. The van der Waals surface area contributed by atoms with Crippen molar-refractivity contribution in [3.8, 4) is 5.75 Å². The van der Waals surface area contributed by atoms with E-state index in [0.717, 1.165) is 0 Å². The van der Waals surface area contributed by atoms with Gasteiger partial charge in [-0.05, 0) is 49.7 Å². The van der Waals surface area contributed by atoms with Crippen molar-refractivity contribution in [3.05, 3.63) is 46.7 Å². The summed E-state index contributed by atoms with van der Waals surface area (Å²) in [5.41, 5.74) is 0.536. The molecule has 0 saturated heterocycles. The predicted octanol–water partition coefficient (Wildman–Crippen LogP) is 3.98. The van der Waals surface area contributed by atoms with Crippen LogP contribution in [0.5, 0.6) is 5.75 Å². The van der Waals surface area contributed by atoms with Crippen molar-refractivity contribution >= 4 is 22.9 Å². The van der Waals surface area contributed by atoms with E-state index >= 15 is 0 Å². The third kappa shape index (κ3) is 5.30. The zero-order valence-electron chi connectivity index (χ0n) is 12.8. The topological polar surface area (TPSA) is 41.6 Å². The number of nitrogens with one attached hydrogen (secondary N) is 1. The molecule has 1 N–H and O–H groups in total. The first-order valence-electron chi connectivity index (χ1n) is 7.04. The van der Waals surface area contributed by atoms with E-state index in [1.54, 1.807) is 11.3 Å². The van der Waals surface area contributed by atoms with Gasteiger partial charge in [0.2, 0.25) is 5.91 Å². The molecule has 0 saturated carbocycles. The van der Waals surface area contributed by atoms with Crippen molar-refractivity contribution in [2.24, 2.45) is 0 Å². The van der Waals surface area contributed by atoms with E-state index in [9.17, 15) is 13.6 Å². The van der Waals surface area contributed by atoms with Crippen LogP contribution in [0.1, 0.15) is 17.8 Å². The van der Waals surface area contributed by atoms with Crippen LogP contribution in [0.4, 0.5) is 14.5 Å². The zero-order chi connectivity index (χ0) is 16.8. The minimum atomic E-state index is -2.86. The number of carbonyl (C=O) groups excluding carboxylic acids is 1. The molecule has 1 amide bonds. The molecule has 23 heavy (non-hydrogen) atoms. The second kappa shape index (κ2) is 8.03. The number of ether oxygens (including phenoxy) is 1. The summed E-state index contributed by atoms with van der Waals surface area (Å²) >= 11 is 1.65. The molecule has 2 rings (SSSR count). The lowest BCUT2D eigenvalue weighted by molar-refractivity contribution is -0.117. The molecule has 1 atom stereocenters. The molecule has 1 heterocycles. The molecule has 2 aromatic rings. The second-order valence-corrected chi connectivity index (χ2v) is 6.04. The quantitative estimate of drug-likeness (QED) is 0.829. The lowest BCUT2D eigenvalue weighted by Crippen LogP contribution is -2.31. The zero-order valence-corrected chi connectivity index (χ0v) is 13.6. The number of hydrogen-bond acceptors (Lipinski definition) is 4. The van der Waals surface area contributed by atoms with Gasteiger partial charge in [0, 0.05) is 16.6 Å². The van der Waals surface area contributed by atoms with Gasteiger partial charge in [-0.2, -0.15) is 8.78 Å². The number of rotatable bonds is 7. The van der Waals surface area contributed by atoms with Crippen LogP contribution in [0.2, 0.25) is 0 Å². The normalized spacial score (nSPS) is 12.4. The summed E-state index contributed by atoms with van der Waals surface area (Å²) in [6.45, 7) is -0.591. The van der Waals surface area contributed by atoms with Crippen LogP contribution in [0.15, 0.2) is 41.8 Å². The molecule has 124 valence electrons. The number of alkyl halides is 2. The third-order valence-corrected chi connectivity index (χ3v) is 4.41. The number of halogens is 2. The lowest BCUT2D eigenvalue weighted by atomic mass is 10.2. The summed E-state index contributed by atoms with van der Waals surface area (Å²) in [4.78, 5) is 15.2. The van der Waals surface area contributed by atoms with Crippen molar-refractivity contribution in [2.45, 2.75) is 19.6 Å². The molecule has 1 aromatic carbocycles. The maximum atomic E-state index is 12.1. The van der Waals surface area contributed by atoms with Crippen LogP contribution in [0.25, 0.3) is 0 Å². The highest BCUT2D eigenvalue weighted by atomic mass is 32.1. The fourth-order valence-corrected chi connectivity index (χ4v) is 2.88. The summed E-state index contributed by atoms with van der Waals surface area (Å²) in [5, 5.41) is 4.74. The first-order chi connectivity index (χ1) is 11.0. The Hall–Kier alpha value is -1.99. The van der Waals surface area contributed by atoms with E-state index in [0.29, 0.717) is 5.69 Å². The van der Waals surface area contributed by atoms with E-state index in [1.807, 2.05) is 36.4 Å². The highest BCUT2D eigenvalue weighted by molar-refractivity contribution is 7.10. The fraction of sp³-hybridized carbons (Fsp3) is 0.312. The van der Waals surface area contributed by atoms with Crippen LogP contribution < -0.4 is 10.1 Å². The number of likely N-dealkylation sites (N-methyl/N-ethyl adjacent to an activating group) is 1. The first-order valence-corrected chi connectivity index (χ1v) is 7.92. The van der Waals surface area contributed by atoms with Crippen LogP contribution >= 0.6 is 11.3 Å². The van der Waals surface area contributed by atoms with Gasteiger partial charge in [0.1, 0.15) is 5.75 Å². The number of nitrogens with zero attached hydrogens (tertiary/aromatic N) is 1. The Balaban J connectivity index is 1.86. The Bertz CT molecular complexity index is 618. The number of anilines is 1. The monoisotopic (exact) mass is 340 g/mol. The summed E-state index contributed by atoms with van der Waals surface area (Å²) in [7, 11) is 1.88. The summed E-state index contributed by atoms with van der Waals surface area (Å²) in [6.07, 6.45) is 0. The molecule has 0 spiro atoms. The van der Waals surface area contributed by atoms with E-state index in [4.69, 9.17) is 0 Å². The molecule has 0 aliphatic carbocycles. The van der Waals surface area contributed by atoms with Crippen LogP contribution in [0.3, 0.4) is 0 Å². The number of benzene rings is 1. The number of carbonyl (C=O) groups is 1. The molecule has 1 aromatic heterocycles. The van der Waals surface area contributed by atoms with Crippen molar-refractivity contribution in [3.63, 3.8) is 0 Å². The highest BCUT2D eigenvalue weighted by Crippen LogP contribution is 2.23. The van der Waals surface area contributed by atoms with Gasteiger partial charge in [-0.1, -0.05) is 6.07 Å². The van der Waals surface area contributed by atoms with Gasteiger partial charge >= 0.3 is 6.61 Å². The molecule has 7 heteroatoms. The largest absolute Gasteiger partial charge is 0.435 e. The minimum absolute atomic E-state index is 0.0569. The van der Waals surface area contributed by atoms with Crippen LogP contribution in [-0.2, 0) is 4.79 Å². The van der Waals surface area contributed by atoms with Crippen LogP contribution in [0, 0.1) is 0 Å². The molecule has 0 aliphatic rings. The molecule has 0 radical (unpaired) electrons. The van der Waals surface area contributed by atoms with Gasteiger partial charge in [0.15, 0.2) is 0 Å². The van der Waals surface area contributed by atoms with Gasteiger partial charge in [0.05, 0.1) is 6.54 Å². The van der Waals surface area contributed by atoms with Gasteiger partial charge < -0.3 is 10.1 Å². The maximum absolute atomic E-state index is 12.1. The van der Waals surface area contributed by atoms with E-state index in [2.05, 4.69) is 10.1 Å². The Morgan fingerprint density at radius 1 is 1.30 bits per heavy atom.